The molecule has 1 N–H and O–H groups in total. The molecule has 2 rings (SSSR count). The van der Waals surface area contributed by atoms with Gasteiger partial charge in [-0.3, -0.25) is 4.79 Å². The first-order valence-electron chi connectivity index (χ1n) is 6.98. The Morgan fingerprint density at radius 1 is 1.11 bits per heavy atom. The van der Waals surface area contributed by atoms with E-state index in [0.717, 1.165) is 18.4 Å². The van der Waals surface area contributed by atoms with Gasteiger partial charge in [-0.15, -0.1) is 0 Å². The lowest BCUT2D eigenvalue weighted by Crippen LogP contribution is -2.33. The minimum absolute atomic E-state index is 0.0591. The molecule has 1 fully saturated rings. The van der Waals surface area contributed by atoms with Gasteiger partial charge in [0.25, 0.3) is 0 Å². The first-order valence-corrected chi connectivity index (χ1v) is 6.98. The molecule has 0 aromatic heterocycles. The quantitative estimate of drug-likeness (QED) is 0.652. The first-order chi connectivity index (χ1) is 9.24. The summed E-state index contributed by atoms with van der Waals surface area (Å²) in [5, 5.41) is 3.04. The summed E-state index contributed by atoms with van der Waals surface area (Å²) < 4.78 is 12.7. The van der Waals surface area contributed by atoms with Crippen molar-refractivity contribution < 1.29 is 9.18 Å². The van der Waals surface area contributed by atoms with E-state index in [1.807, 2.05) is 0 Å². The molecule has 0 unspecified atom stereocenters. The van der Waals surface area contributed by atoms with Crippen LogP contribution in [0.2, 0.25) is 0 Å². The van der Waals surface area contributed by atoms with Crippen LogP contribution in [0.25, 0.3) is 6.08 Å². The fourth-order valence-electron chi connectivity index (χ4n) is 2.42. The molecular formula is C16H20FNO. The second-order valence-electron chi connectivity index (χ2n) is 5.08. The highest BCUT2D eigenvalue weighted by Gasteiger charge is 2.12. The molecule has 0 bridgehead atoms. The van der Waals surface area contributed by atoms with Crippen LogP contribution in [-0.2, 0) is 4.79 Å². The van der Waals surface area contributed by atoms with E-state index >= 15 is 0 Å². The van der Waals surface area contributed by atoms with E-state index in [9.17, 15) is 9.18 Å². The van der Waals surface area contributed by atoms with Gasteiger partial charge in [-0.2, -0.15) is 0 Å². The van der Waals surface area contributed by atoms with Crippen LogP contribution in [0.3, 0.4) is 0 Å². The van der Waals surface area contributed by atoms with E-state index in [-0.39, 0.29) is 11.7 Å². The molecule has 1 aliphatic carbocycles. The largest absolute Gasteiger partial charge is 0.350 e. The SMILES string of the molecule is O=C(C=Cc1ccc(F)cc1)NC1CCCCCC1. The monoisotopic (exact) mass is 261 g/mol. The molecule has 102 valence electrons. The number of rotatable bonds is 3. The van der Waals surface area contributed by atoms with E-state index < -0.39 is 0 Å². The van der Waals surface area contributed by atoms with Gasteiger partial charge < -0.3 is 5.32 Å². The minimum atomic E-state index is -0.264. The fraction of sp³-hybridized carbons (Fsp3) is 0.438. The van der Waals surface area contributed by atoms with Crippen molar-refractivity contribution in [3.63, 3.8) is 0 Å². The van der Waals surface area contributed by atoms with Crippen molar-refractivity contribution >= 4 is 12.0 Å². The number of halogens is 1. The van der Waals surface area contributed by atoms with Crippen LogP contribution in [0.15, 0.2) is 30.3 Å². The average Bonchev–Trinajstić information content (AvgIpc) is 2.67. The summed E-state index contributed by atoms with van der Waals surface area (Å²) in [6.45, 7) is 0. The van der Waals surface area contributed by atoms with Crippen molar-refractivity contribution in [1.29, 1.82) is 0 Å². The number of amides is 1. The number of nitrogens with one attached hydrogen (secondary N) is 1. The topological polar surface area (TPSA) is 29.1 Å². The molecular weight excluding hydrogens is 241 g/mol. The molecule has 1 saturated carbocycles. The normalized spacial score (nSPS) is 17.3. The first kappa shape index (κ1) is 13.8. The van der Waals surface area contributed by atoms with Gasteiger partial charge in [-0.1, -0.05) is 37.8 Å². The van der Waals surface area contributed by atoms with E-state index in [4.69, 9.17) is 0 Å². The Morgan fingerprint density at radius 3 is 2.37 bits per heavy atom. The molecule has 1 aromatic rings. The average molecular weight is 261 g/mol. The van der Waals surface area contributed by atoms with E-state index in [2.05, 4.69) is 5.32 Å². The maximum atomic E-state index is 12.7. The Bertz CT molecular complexity index is 431. The zero-order valence-corrected chi connectivity index (χ0v) is 11.1. The molecule has 19 heavy (non-hydrogen) atoms. The molecule has 2 nitrogen and oxygen atoms in total. The van der Waals surface area contributed by atoms with Gasteiger partial charge in [0.05, 0.1) is 0 Å². The van der Waals surface area contributed by atoms with Gasteiger partial charge in [-0.05, 0) is 36.6 Å². The summed E-state index contributed by atoms with van der Waals surface area (Å²) in [5.41, 5.74) is 0.831. The zero-order valence-electron chi connectivity index (χ0n) is 11.1. The van der Waals surface area contributed by atoms with Crippen LogP contribution in [0.5, 0.6) is 0 Å². The zero-order chi connectivity index (χ0) is 13.5. The smallest absolute Gasteiger partial charge is 0.244 e. The lowest BCUT2D eigenvalue weighted by molar-refractivity contribution is -0.117. The molecule has 0 aliphatic heterocycles. The molecule has 1 amide bonds. The number of hydrogen-bond donors (Lipinski definition) is 1. The molecule has 3 heteroatoms. The summed E-state index contributed by atoms with van der Waals surface area (Å²) >= 11 is 0. The molecule has 1 aliphatic rings. The molecule has 0 heterocycles. The summed E-state index contributed by atoms with van der Waals surface area (Å²) in [6.07, 6.45) is 10.4. The van der Waals surface area contributed by atoms with Crippen LogP contribution >= 0.6 is 0 Å². The standard InChI is InChI=1S/C16H20FNO/c17-14-10-7-13(8-11-14)9-12-16(19)18-15-5-3-1-2-4-6-15/h7-12,15H,1-6H2,(H,18,19). The Kier molecular flexibility index (Phi) is 5.13. The highest BCUT2D eigenvalue weighted by molar-refractivity contribution is 5.91. The predicted octanol–water partition coefficient (Wildman–Crippen LogP) is 3.68. The Balaban J connectivity index is 1.84. The molecule has 0 saturated heterocycles. The van der Waals surface area contributed by atoms with Crippen LogP contribution < -0.4 is 5.32 Å². The van der Waals surface area contributed by atoms with E-state index in [1.54, 1.807) is 18.2 Å². The summed E-state index contributed by atoms with van der Waals surface area (Å²) in [7, 11) is 0. The van der Waals surface area contributed by atoms with Crippen molar-refractivity contribution in [3.8, 4) is 0 Å². The number of carbonyl (C=O) groups is 1. The van der Waals surface area contributed by atoms with Crippen molar-refractivity contribution in [2.75, 3.05) is 0 Å². The van der Waals surface area contributed by atoms with Crippen molar-refractivity contribution in [1.82, 2.24) is 5.32 Å². The fourth-order valence-corrected chi connectivity index (χ4v) is 2.42. The van der Waals surface area contributed by atoms with Crippen molar-refractivity contribution in [3.05, 3.63) is 41.7 Å². The second-order valence-corrected chi connectivity index (χ2v) is 5.08. The Labute approximate surface area is 113 Å². The lowest BCUT2D eigenvalue weighted by Gasteiger charge is -2.14. The number of carbonyl (C=O) groups excluding carboxylic acids is 1. The number of hydrogen-bond acceptors (Lipinski definition) is 1. The number of benzene rings is 1. The summed E-state index contributed by atoms with van der Waals surface area (Å²) in [6, 6.07) is 6.41. The molecule has 0 spiro atoms. The Morgan fingerprint density at radius 2 is 1.74 bits per heavy atom. The van der Waals surface area contributed by atoms with Gasteiger partial charge in [0, 0.05) is 12.1 Å². The summed E-state index contributed by atoms with van der Waals surface area (Å²) in [4.78, 5) is 11.8. The highest BCUT2D eigenvalue weighted by Crippen LogP contribution is 2.17. The molecule has 1 aromatic carbocycles. The minimum Gasteiger partial charge on any atom is -0.350 e. The van der Waals surface area contributed by atoms with Crippen LogP contribution in [0.4, 0.5) is 4.39 Å². The van der Waals surface area contributed by atoms with Crippen LogP contribution in [0, 0.1) is 5.82 Å². The van der Waals surface area contributed by atoms with Gasteiger partial charge in [0.2, 0.25) is 5.91 Å². The van der Waals surface area contributed by atoms with Gasteiger partial charge >= 0.3 is 0 Å². The third kappa shape index (κ3) is 4.86. The van der Waals surface area contributed by atoms with E-state index in [1.165, 1.54) is 43.9 Å². The van der Waals surface area contributed by atoms with Gasteiger partial charge in [0.15, 0.2) is 0 Å². The van der Waals surface area contributed by atoms with Crippen molar-refractivity contribution in [2.24, 2.45) is 0 Å². The second kappa shape index (κ2) is 7.07. The maximum Gasteiger partial charge on any atom is 0.244 e. The third-order valence-electron chi connectivity index (χ3n) is 3.50. The predicted molar refractivity (Wildman–Crippen MR) is 75.1 cm³/mol. The van der Waals surface area contributed by atoms with Crippen molar-refractivity contribution in [2.45, 2.75) is 44.6 Å². The molecule has 0 atom stereocenters. The van der Waals surface area contributed by atoms with Gasteiger partial charge in [-0.25, -0.2) is 4.39 Å². The maximum absolute atomic E-state index is 12.7. The van der Waals surface area contributed by atoms with Gasteiger partial charge in [0.1, 0.15) is 5.82 Å². The van der Waals surface area contributed by atoms with Crippen LogP contribution in [0.1, 0.15) is 44.1 Å². The highest BCUT2D eigenvalue weighted by atomic mass is 19.1. The van der Waals surface area contributed by atoms with Crippen LogP contribution in [-0.4, -0.2) is 11.9 Å². The molecule has 0 radical (unpaired) electrons. The summed E-state index contributed by atoms with van der Waals surface area (Å²) in [5.74, 6) is -0.323. The van der Waals surface area contributed by atoms with E-state index in [0.29, 0.717) is 6.04 Å². The lowest BCUT2D eigenvalue weighted by atomic mass is 10.1. The Hall–Kier alpha value is -1.64. The third-order valence-corrected chi connectivity index (χ3v) is 3.50.